The molecule has 16 heavy (non-hydrogen) atoms. The highest BCUT2D eigenvalue weighted by Gasteiger charge is 2.24. The van der Waals surface area contributed by atoms with Gasteiger partial charge in [0.25, 0.3) is 0 Å². The molecule has 2 atom stereocenters. The summed E-state index contributed by atoms with van der Waals surface area (Å²) in [6.45, 7) is 0.977. The highest BCUT2D eigenvalue weighted by molar-refractivity contribution is 7.91. The van der Waals surface area contributed by atoms with Gasteiger partial charge in [-0.25, -0.2) is 8.42 Å². The Kier molecular flexibility index (Phi) is 4.03. The van der Waals surface area contributed by atoms with Crippen LogP contribution < -0.4 is 5.32 Å². The molecule has 1 aliphatic heterocycles. The number of hydrogen-bond donors (Lipinski definition) is 1. The van der Waals surface area contributed by atoms with Crippen molar-refractivity contribution in [2.24, 2.45) is 5.92 Å². The minimum absolute atomic E-state index is 0.199. The van der Waals surface area contributed by atoms with Crippen molar-refractivity contribution in [1.82, 2.24) is 5.32 Å². The maximum Gasteiger partial charge on any atom is 0.151 e. The second-order valence-corrected chi connectivity index (χ2v) is 7.24. The van der Waals surface area contributed by atoms with Crippen LogP contribution in [0, 0.1) is 5.92 Å². The Balaban J connectivity index is 1.75. The topological polar surface area (TPSA) is 46.2 Å². The largest absolute Gasteiger partial charge is 0.313 e. The second-order valence-electron chi connectivity index (χ2n) is 5.01. The van der Waals surface area contributed by atoms with Gasteiger partial charge >= 0.3 is 0 Å². The van der Waals surface area contributed by atoms with Gasteiger partial charge in [0.15, 0.2) is 9.84 Å². The number of allylic oxidation sites excluding steroid dienone is 2. The second kappa shape index (κ2) is 5.32. The zero-order valence-corrected chi connectivity index (χ0v) is 10.5. The Morgan fingerprint density at radius 1 is 1.25 bits per heavy atom. The average molecular weight is 243 g/mol. The van der Waals surface area contributed by atoms with Gasteiger partial charge in [-0.3, -0.25) is 0 Å². The third-order valence-electron chi connectivity index (χ3n) is 3.54. The van der Waals surface area contributed by atoms with Crippen molar-refractivity contribution in [2.75, 3.05) is 18.1 Å². The molecule has 1 N–H and O–H groups in total. The molecule has 0 saturated carbocycles. The molecule has 0 amide bonds. The van der Waals surface area contributed by atoms with Crippen LogP contribution in [0.25, 0.3) is 0 Å². The Bertz CT molecular complexity index is 348. The lowest BCUT2D eigenvalue weighted by Crippen LogP contribution is -2.42. The highest BCUT2D eigenvalue weighted by atomic mass is 32.2. The summed E-state index contributed by atoms with van der Waals surface area (Å²) in [5.41, 5.74) is 0. The van der Waals surface area contributed by atoms with Crippen LogP contribution in [0.3, 0.4) is 0 Å². The van der Waals surface area contributed by atoms with Crippen LogP contribution in [-0.2, 0) is 9.84 Å². The number of sulfone groups is 1. The van der Waals surface area contributed by atoms with E-state index < -0.39 is 9.84 Å². The van der Waals surface area contributed by atoms with E-state index in [2.05, 4.69) is 17.5 Å². The van der Waals surface area contributed by atoms with Crippen LogP contribution in [0.1, 0.15) is 32.1 Å². The van der Waals surface area contributed by atoms with Gasteiger partial charge < -0.3 is 5.32 Å². The first-order valence-electron chi connectivity index (χ1n) is 6.24. The molecule has 92 valence electrons. The smallest absolute Gasteiger partial charge is 0.151 e. The van der Waals surface area contributed by atoms with Crippen LogP contribution in [0.4, 0.5) is 0 Å². The van der Waals surface area contributed by atoms with Gasteiger partial charge in [0, 0.05) is 6.04 Å². The first-order chi connectivity index (χ1) is 7.66. The fraction of sp³-hybridized carbons (Fsp3) is 0.833. The average Bonchev–Trinajstić information content (AvgIpc) is 2.27. The molecular formula is C12H21NO2S. The molecule has 2 aliphatic rings. The molecule has 0 radical (unpaired) electrons. The van der Waals surface area contributed by atoms with E-state index in [9.17, 15) is 8.42 Å². The molecule has 0 aromatic rings. The molecule has 0 spiro atoms. The lowest BCUT2D eigenvalue weighted by Gasteiger charge is -2.26. The first kappa shape index (κ1) is 12.1. The third-order valence-corrected chi connectivity index (χ3v) is 5.36. The van der Waals surface area contributed by atoms with Gasteiger partial charge in [-0.05, 0) is 44.6 Å². The van der Waals surface area contributed by atoms with Gasteiger partial charge in [0.2, 0.25) is 0 Å². The Morgan fingerprint density at radius 2 is 2.12 bits per heavy atom. The molecule has 3 nitrogen and oxygen atoms in total. The van der Waals surface area contributed by atoms with Crippen LogP contribution >= 0.6 is 0 Å². The molecule has 1 saturated heterocycles. The van der Waals surface area contributed by atoms with Gasteiger partial charge in [-0.2, -0.15) is 0 Å². The zero-order valence-electron chi connectivity index (χ0n) is 9.69. The highest BCUT2D eigenvalue weighted by Crippen LogP contribution is 2.18. The summed E-state index contributed by atoms with van der Waals surface area (Å²) >= 11 is 0. The van der Waals surface area contributed by atoms with E-state index in [0.29, 0.717) is 17.4 Å². The molecule has 2 unspecified atom stereocenters. The lowest BCUT2D eigenvalue weighted by atomic mass is 9.94. The van der Waals surface area contributed by atoms with Gasteiger partial charge in [0.05, 0.1) is 11.5 Å². The van der Waals surface area contributed by atoms with Crippen LogP contribution in [0.15, 0.2) is 12.2 Å². The molecule has 2 rings (SSSR count). The summed E-state index contributed by atoms with van der Waals surface area (Å²) in [4.78, 5) is 0. The van der Waals surface area contributed by atoms with Crippen molar-refractivity contribution in [3.8, 4) is 0 Å². The number of nitrogens with one attached hydrogen (secondary N) is 1. The molecule has 1 heterocycles. The quantitative estimate of drug-likeness (QED) is 0.764. The Labute approximate surface area is 98.2 Å². The summed E-state index contributed by atoms with van der Waals surface area (Å²) in [5, 5.41) is 3.43. The predicted octanol–water partition coefficient (Wildman–Crippen LogP) is 1.51. The van der Waals surface area contributed by atoms with Crippen LogP contribution in [-0.4, -0.2) is 32.5 Å². The summed E-state index contributed by atoms with van der Waals surface area (Å²) in [5.74, 6) is 1.43. The fourth-order valence-corrected chi connectivity index (χ4v) is 4.23. The van der Waals surface area contributed by atoms with Crippen LogP contribution in [0.2, 0.25) is 0 Å². The van der Waals surface area contributed by atoms with Gasteiger partial charge in [-0.15, -0.1) is 0 Å². The minimum Gasteiger partial charge on any atom is -0.313 e. The number of rotatable bonds is 3. The Morgan fingerprint density at radius 3 is 2.81 bits per heavy atom. The SMILES string of the molecule is O=S1(=O)CCCC(NCC2CC=CCC2)C1. The predicted molar refractivity (Wildman–Crippen MR) is 66.2 cm³/mol. The molecule has 1 aliphatic carbocycles. The van der Waals surface area contributed by atoms with E-state index >= 15 is 0 Å². The van der Waals surface area contributed by atoms with E-state index in [4.69, 9.17) is 0 Å². The zero-order chi connectivity index (χ0) is 11.4. The van der Waals surface area contributed by atoms with E-state index in [-0.39, 0.29) is 6.04 Å². The van der Waals surface area contributed by atoms with Crippen molar-refractivity contribution >= 4 is 9.84 Å². The Hall–Kier alpha value is -0.350. The molecule has 0 bridgehead atoms. The van der Waals surface area contributed by atoms with Gasteiger partial charge in [-0.1, -0.05) is 12.2 Å². The lowest BCUT2D eigenvalue weighted by molar-refractivity contribution is 0.395. The summed E-state index contributed by atoms with van der Waals surface area (Å²) in [7, 11) is -2.76. The molecule has 0 aromatic carbocycles. The van der Waals surface area contributed by atoms with Crippen molar-refractivity contribution in [1.29, 1.82) is 0 Å². The van der Waals surface area contributed by atoms with Crippen molar-refractivity contribution in [2.45, 2.75) is 38.1 Å². The maximum atomic E-state index is 11.5. The summed E-state index contributed by atoms with van der Waals surface area (Å²) < 4.78 is 22.9. The van der Waals surface area contributed by atoms with E-state index in [1.165, 1.54) is 12.8 Å². The normalized spacial score (nSPS) is 33.8. The van der Waals surface area contributed by atoms with E-state index in [1.54, 1.807) is 0 Å². The fourth-order valence-electron chi connectivity index (χ4n) is 2.56. The van der Waals surface area contributed by atoms with Gasteiger partial charge in [0.1, 0.15) is 0 Å². The molecule has 0 aromatic heterocycles. The first-order valence-corrected chi connectivity index (χ1v) is 8.07. The van der Waals surface area contributed by atoms with Crippen LogP contribution in [0.5, 0.6) is 0 Å². The molecule has 1 fully saturated rings. The molecule has 4 heteroatoms. The third kappa shape index (κ3) is 3.59. The van der Waals surface area contributed by atoms with E-state index in [1.807, 2.05) is 0 Å². The summed E-state index contributed by atoms with van der Waals surface area (Å²) in [6, 6.07) is 0.199. The van der Waals surface area contributed by atoms with Crippen molar-refractivity contribution in [3.05, 3.63) is 12.2 Å². The van der Waals surface area contributed by atoms with E-state index in [0.717, 1.165) is 25.8 Å². The van der Waals surface area contributed by atoms with Crippen molar-refractivity contribution < 1.29 is 8.42 Å². The standard InChI is InChI=1S/C12H21NO2S/c14-16(15)8-4-7-12(10-16)13-9-11-5-2-1-3-6-11/h1-2,11-13H,3-10H2. The summed E-state index contributed by atoms with van der Waals surface area (Å²) in [6.07, 6.45) is 9.88. The number of hydrogen-bond acceptors (Lipinski definition) is 3. The monoisotopic (exact) mass is 243 g/mol. The maximum absolute atomic E-state index is 11.5. The minimum atomic E-state index is -2.76. The molecular weight excluding hydrogens is 222 g/mol. The van der Waals surface area contributed by atoms with Crippen molar-refractivity contribution in [3.63, 3.8) is 0 Å².